The van der Waals surface area contributed by atoms with E-state index in [9.17, 15) is 4.39 Å². The molecule has 1 atom stereocenters. The van der Waals surface area contributed by atoms with Crippen LogP contribution < -0.4 is 10.6 Å². The maximum Gasteiger partial charge on any atom is 0.245 e. The molecule has 1 aliphatic rings. The summed E-state index contributed by atoms with van der Waals surface area (Å²) in [5, 5.41) is 7.36. The Labute approximate surface area is 120 Å². The van der Waals surface area contributed by atoms with Crippen molar-refractivity contribution in [2.75, 3.05) is 18.0 Å². The molecule has 0 spiro atoms. The van der Waals surface area contributed by atoms with E-state index in [1.807, 2.05) is 4.90 Å². The van der Waals surface area contributed by atoms with Crippen LogP contribution in [0.2, 0.25) is 5.02 Å². The molecule has 1 aromatic heterocycles. The third kappa shape index (κ3) is 2.62. The molecule has 106 valence electrons. The Morgan fingerprint density at radius 2 is 2.30 bits per heavy atom. The molecule has 0 saturated carbocycles. The van der Waals surface area contributed by atoms with Crippen molar-refractivity contribution in [3.63, 3.8) is 0 Å². The molecule has 5 nitrogen and oxygen atoms in total. The SMILES string of the molecule is NC1CCCN(c2n[nH]c(-c3cc(Cl)ccc3F)n2)C1. The van der Waals surface area contributed by atoms with Gasteiger partial charge in [0.15, 0.2) is 5.82 Å². The minimum atomic E-state index is -0.382. The second kappa shape index (κ2) is 5.38. The van der Waals surface area contributed by atoms with Crippen LogP contribution in [0.5, 0.6) is 0 Å². The van der Waals surface area contributed by atoms with Crippen LogP contribution in [0.4, 0.5) is 10.3 Å². The third-order valence-corrected chi connectivity index (χ3v) is 3.63. The molecule has 1 fully saturated rings. The van der Waals surface area contributed by atoms with Crippen molar-refractivity contribution in [2.24, 2.45) is 5.73 Å². The van der Waals surface area contributed by atoms with E-state index in [0.717, 1.165) is 25.9 Å². The van der Waals surface area contributed by atoms with Gasteiger partial charge in [-0.05, 0) is 31.0 Å². The first-order valence-electron chi connectivity index (χ1n) is 6.52. The summed E-state index contributed by atoms with van der Waals surface area (Å²) in [6.07, 6.45) is 2.02. The Morgan fingerprint density at radius 1 is 1.45 bits per heavy atom. The van der Waals surface area contributed by atoms with Crippen LogP contribution in [0.25, 0.3) is 11.4 Å². The fraction of sp³-hybridized carbons (Fsp3) is 0.385. The first-order chi connectivity index (χ1) is 9.63. The molecule has 1 aromatic carbocycles. The summed E-state index contributed by atoms with van der Waals surface area (Å²) in [4.78, 5) is 6.36. The molecular weight excluding hydrogens is 281 g/mol. The molecule has 2 aromatic rings. The molecule has 2 heterocycles. The number of aromatic amines is 1. The molecular formula is C13H15ClFN5. The summed E-state index contributed by atoms with van der Waals surface area (Å²) in [6.45, 7) is 1.58. The second-order valence-corrected chi connectivity index (χ2v) is 5.39. The molecule has 1 unspecified atom stereocenters. The first-order valence-corrected chi connectivity index (χ1v) is 6.89. The predicted molar refractivity (Wildman–Crippen MR) is 76.2 cm³/mol. The number of nitrogens with one attached hydrogen (secondary N) is 1. The van der Waals surface area contributed by atoms with E-state index in [0.29, 0.717) is 22.4 Å². The Morgan fingerprint density at radius 3 is 3.10 bits per heavy atom. The van der Waals surface area contributed by atoms with Gasteiger partial charge in [0.1, 0.15) is 5.82 Å². The van der Waals surface area contributed by atoms with Gasteiger partial charge in [0.25, 0.3) is 0 Å². The highest BCUT2D eigenvalue weighted by Crippen LogP contribution is 2.25. The van der Waals surface area contributed by atoms with Crippen LogP contribution in [-0.2, 0) is 0 Å². The molecule has 1 aliphatic heterocycles. The smallest absolute Gasteiger partial charge is 0.245 e. The van der Waals surface area contributed by atoms with Gasteiger partial charge in [-0.15, -0.1) is 5.10 Å². The topological polar surface area (TPSA) is 70.8 Å². The lowest BCUT2D eigenvalue weighted by Crippen LogP contribution is -2.43. The van der Waals surface area contributed by atoms with Crippen LogP contribution in [0.3, 0.4) is 0 Å². The zero-order valence-electron chi connectivity index (χ0n) is 10.8. The lowest BCUT2D eigenvalue weighted by atomic mass is 10.1. The molecule has 3 N–H and O–H groups in total. The van der Waals surface area contributed by atoms with Crippen molar-refractivity contribution < 1.29 is 4.39 Å². The highest BCUT2D eigenvalue weighted by molar-refractivity contribution is 6.30. The molecule has 3 rings (SSSR count). The summed E-state index contributed by atoms with van der Waals surface area (Å²) in [5.41, 5.74) is 6.26. The summed E-state index contributed by atoms with van der Waals surface area (Å²) >= 11 is 5.89. The predicted octanol–water partition coefficient (Wildman–Crippen LogP) is 2.19. The molecule has 7 heteroatoms. The number of hydrogen-bond acceptors (Lipinski definition) is 4. The largest absolute Gasteiger partial charge is 0.338 e. The standard InChI is InChI=1S/C13H15ClFN5/c14-8-3-4-11(15)10(6-8)12-17-13(19-18-12)20-5-1-2-9(16)7-20/h3-4,6,9H,1-2,5,7,16H2,(H,17,18,19). The normalized spacial score (nSPS) is 19.4. The van der Waals surface area contributed by atoms with Crippen LogP contribution in [0, 0.1) is 5.82 Å². The summed E-state index contributed by atoms with van der Waals surface area (Å²) in [7, 11) is 0. The number of halogens is 2. The highest BCUT2D eigenvalue weighted by atomic mass is 35.5. The molecule has 0 bridgehead atoms. The molecule has 1 saturated heterocycles. The van der Waals surface area contributed by atoms with Gasteiger partial charge in [0.05, 0.1) is 5.56 Å². The number of aromatic nitrogens is 3. The van der Waals surface area contributed by atoms with Crippen molar-refractivity contribution in [1.29, 1.82) is 0 Å². The Bertz CT molecular complexity index is 615. The van der Waals surface area contributed by atoms with Crippen LogP contribution >= 0.6 is 11.6 Å². The zero-order valence-corrected chi connectivity index (χ0v) is 11.6. The number of rotatable bonds is 2. The minimum Gasteiger partial charge on any atom is -0.338 e. The molecule has 0 aliphatic carbocycles. The number of nitrogens with two attached hydrogens (primary N) is 1. The van der Waals surface area contributed by atoms with Crippen molar-refractivity contribution in [3.05, 3.63) is 29.0 Å². The summed E-state index contributed by atoms with van der Waals surface area (Å²) < 4.78 is 13.8. The van der Waals surface area contributed by atoms with E-state index in [1.54, 1.807) is 0 Å². The maximum absolute atomic E-state index is 13.8. The van der Waals surface area contributed by atoms with Gasteiger partial charge in [-0.25, -0.2) is 4.39 Å². The van der Waals surface area contributed by atoms with Gasteiger partial charge in [0, 0.05) is 24.2 Å². The van der Waals surface area contributed by atoms with Gasteiger partial charge in [-0.1, -0.05) is 11.6 Å². The molecule has 0 radical (unpaired) electrons. The van der Waals surface area contributed by atoms with E-state index in [-0.39, 0.29) is 11.9 Å². The van der Waals surface area contributed by atoms with E-state index in [1.165, 1.54) is 18.2 Å². The third-order valence-electron chi connectivity index (χ3n) is 3.40. The number of nitrogens with zero attached hydrogens (tertiary/aromatic N) is 3. The summed E-state index contributed by atoms with van der Waals surface area (Å²) in [6, 6.07) is 4.48. The van der Waals surface area contributed by atoms with E-state index >= 15 is 0 Å². The fourth-order valence-corrected chi connectivity index (χ4v) is 2.56. The number of H-pyrrole nitrogens is 1. The summed E-state index contributed by atoms with van der Waals surface area (Å²) in [5.74, 6) is 0.543. The Kier molecular flexibility index (Phi) is 3.58. The molecule has 20 heavy (non-hydrogen) atoms. The number of benzene rings is 1. The number of piperidine rings is 1. The quantitative estimate of drug-likeness (QED) is 0.891. The first kappa shape index (κ1) is 13.3. The second-order valence-electron chi connectivity index (χ2n) is 4.96. The van der Waals surface area contributed by atoms with E-state index in [2.05, 4.69) is 15.2 Å². The van der Waals surface area contributed by atoms with Crippen molar-refractivity contribution >= 4 is 17.5 Å². The average Bonchev–Trinajstić information content (AvgIpc) is 2.91. The van der Waals surface area contributed by atoms with E-state index < -0.39 is 0 Å². The minimum absolute atomic E-state index is 0.133. The fourth-order valence-electron chi connectivity index (χ4n) is 2.39. The van der Waals surface area contributed by atoms with Crippen LogP contribution in [0.1, 0.15) is 12.8 Å². The van der Waals surface area contributed by atoms with Gasteiger partial charge in [-0.3, -0.25) is 5.10 Å². The lowest BCUT2D eigenvalue weighted by Gasteiger charge is -2.29. The van der Waals surface area contributed by atoms with Crippen molar-refractivity contribution in [1.82, 2.24) is 15.2 Å². The Balaban J connectivity index is 1.88. The zero-order chi connectivity index (χ0) is 14.1. The monoisotopic (exact) mass is 295 g/mol. The number of hydrogen-bond donors (Lipinski definition) is 2. The maximum atomic E-state index is 13.8. The van der Waals surface area contributed by atoms with Crippen molar-refractivity contribution in [2.45, 2.75) is 18.9 Å². The van der Waals surface area contributed by atoms with Gasteiger partial charge < -0.3 is 10.6 Å². The van der Waals surface area contributed by atoms with Gasteiger partial charge in [-0.2, -0.15) is 4.98 Å². The van der Waals surface area contributed by atoms with Crippen LogP contribution in [0.15, 0.2) is 18.2 Å². The van der Waals surface area contributed by atoms with Gasteiger partial charge in [0.2, 0.25) is 5.95 Å². The average molecular weight is 296 g/mol. The Hall–Kier alpha value is -1.66. The van der Waals surface area contributed by atoms with Crippen molar-refractivity contribution in [3.8, 4) is 11.4 Å². The lowest BCUT2D eigenvalue weighted by molar-refractivity contribution is 0.500. The number of anilines is 1. The van der Waals surface area contributed by atoms with Gasteiger partial charge >= 0.3 is 0 Å². The van der Waals surface area contributed by atoms with E-state index in [4.69, 9.17) is 17.3 Å². The molecule has 0 amide bonds. The van der Waals surface area contributed by atoms with Crippen LogP contribution in [-0.4, -0.2) is 34.3 Å². The highest BCUT2D eigenvalue weighted by Gasteiger charge is 2.21.